The van der Waals surface area contributed by atoms with Crippen molar-refractivity contribution in [2.24, 2.45) is 5.92 Å². The highest BCUT2D eigenvalue weighted by molar-refractivity contribution is 7.89. The summed E-state index contributed by atoms with van der Waals surface area (Å²) in [7, 11) is -3.62. The van der Waals surface area contributed by atoms with Gasteiger partial charge in [0.05, 0.1) is 10.9 Å². The molecule has 0 bridgehead atoms. The summed E-state index contributed by atoms with van der Waals surface area (Å²) in [6.45, 7) is 5.47. The minimum absolute atomic E-state index is 0.0107. The van der Waals surface area contributed by atoms with Crippen LogP contribution in [0.3, 0.4) is 0 Å². The first kappa shape index (κ1) is 25.1. The van der Waals surface area contributed by atoms with E-state index in [2.05, 4.69) is 23.9 Å². The molecule has 8 heteroatoms. The molecule has 0 saturated heterocycles. The van der Waals surface area contributed by atoms with E-state index in [0.29, 0.717) is 56.4 Å². The Labute approximate surface area is 196 Å². The largest absolute Gasteiger partial charge is 0.486 e. The highest BCUT2D eigenvalue weighted by Gasteiger charge is 2.19. The highest BCUT2D eigenvalue weighted by Crippen LogP contribution is 2.32. The van der Waals surface area contributed by atoms with E-state index in [1.807, 2.05) is 30.3 Å². The van der Waals surface area contributed by atoms with Crippen LogP contribution in [0.15, 0.2) is 53.4 Å². The van der Waals surface area contributed by atoms with Crippen molar-refractivity contribution < 1.29 is 22.7 Å². The Hall–Kier alpha value is -2.58. The molecule has 3 rings (SSSR count). The first-order valence-corrected chi connectivity index (χ1v) is 13.1. The Morgan fingerprint density at radius 2 is 1.70 bits per heavy atom. The summed E-state index contributed by atoms with van der Waals surface area (Å²) in [5.74, 6) is 1.50. The Morgan fingerprint density at radius 3 is 2.42 bits per heavy atom. The molecule has 1 amide bonds. The molecule has 0 spiro atoms. The van der Waals surface area contributed by atoms with Gasteiger partial charge in [-0.25, -0.2) is 13.1 Å². The van der Waals surface area contributed by atoms with E-state index >= 15 is 0 Å². The van der Waals surface area contributed by atoms with Crippen molar-refractivity contribution in [2.45, 2.75) is 56.9 Å². The lowest BCUT2D eigenvalue weighted by Crippen LogP contribution is -2.29. The zero-order valence-corrected chi connectivity index (χ0v) is 20.2. The van der Waals surface area contributed by atoms with E-state index in [1.165, 1.54) is 12.1 Å². The summed E-state index contributed by atoms with van der Waals surface area (Å²) >= 11 is 0. The molecule has 7 nitrogen and oxygen atoms in total. The van der Waals surface area contributed by atoms with Crippen LogP contribution in [0.5, 0.6) is 11.5 Å². The predicted molar refractivity (Wildman–Crippen MR) is 128 cm³/mol. The van der Waals surface area contributed by atoms with Gasteiger partial charge in [-0.15, -0.1) is 0 Å². The number of unbranched alkanes of at least 4 members (excludes halogenated alkanes) is 2. The zero-order chi connectivity index (χ0) is 23.7. The van der Waals surface area contributed by atoms with Gasteiger partial charge in [-0.1, -0.05) is 50.6 Å². The topological polar surface area (TPSA) is 93.7 Å². The van der Waals surface area contributed by atoms with E-state index in [4.69, 9.17) is 9.47 Å². The second-order valence-electron chi connectivity index (χ2n) is 8.67. The average molecular weight is 475 g/mol. The van der Waals surface area contributed by atoms with Crippen molar-refractivity contribution in [3.63, 3.8) is 0 Å². The summed E-state index contributed by atoms with van der Waals surface area (Å²) in [6, 6.07) is 14.7. The van der Waals surface area contributed by atoms with Gasteiger partial charge in [0.25, 0.3) is 0 Å². The van der Waals surface area contributed by atoms with Gasteiger partial charge < -0.3 is 14.8 Å². The van der Waals surface area contributed by atoms with Crippen molar-refractivity contribution >= 4 is 15.9 Å². The number of nitrogens with one attached hydrogen (secondary N) is 2. The van der Waals surface area contributed by atoms with E-state index in [9.17, 15) is 13.2 Å². The fraction of sp³-hybridized carbons (Fsp3) is 0.480. The summed E-state index contributed by atoms with van der Waals surface area (Å²) in [4.78, 5) is 12.6. The molecule has 0 aliphatic carbocycles. The number of benzene rings is 2. The van der Waals surface area contributed by atoms with Crippen molar-refractivity contribution in [1.29, 1.82) is 0 Å². The molecular weight excluding hydrogens is 440 g/mol. The van der Waals surface area contributed by atoms with Gasteiger partial charge in [0.15, 0.2) is 11.5 Å². The van der Waals surface area contributed by atoms with Crippen LogP contribution in [0.2, 0.25) is 0 Å². The molecule has 180 valence electrons. The maximum atomic E-state index is 12.5. The standard InChI is InChI=1S/C25H34N2O5S/c1-19(2)17-22(20-9-5-3-6-10-20)27-25(28)11-7-4-8-14-26-33(29,30)21-12-13-23-24(18-21)32-16-15-31-23/h3,5-6,9-10,12-13,18-19,22,26H,4,7-8,11,14-17H2,1-2H3,(H,27,28). The number of rotatable bonds is 12. The molecule has 0 radical (unpaired) electrons. The van der Waals surface area contributed by atoms with Crippen LogP contribution in [0.1, 0.15) is 57.6 Å². The van der Waals surface area contributed by atoms with E-state index in [0.717, 1.165) is 18.4 Å². The molecule has 0 aromatic heterocycles. The lowest BCUT2D eigenvalue weighted by molar-refractivity contribution is -0.122. The molecule has 0 saturated carbocycles. The van der Waals surface area contributed by atoms with Crippen LogP contribution >= 0.6 is 0 Å². The summed E-state index contributed by atoms with van der Waals surface area (Å²) < 4.78 is 38.6. The molecule has 1 aliphatic rings. The third kappa shape index (κ3) is 7.75. The second-order valence-corrected chi connectivity index (χ2v) is 10.4. The molecule has 1 aliphatic heterocycles. The van der Waals surface area contributed by atoms with E-state index < -0.39 is 10.0 Å². The van der Waals surface area contributed by atoms with Crippen LogP contribution in [-0.2, 0) is 14.8 Å². The monoisotopic (exact) mass is 474 g/mol. The SMILES string of the molecule is CC(C)CC(NC(=O)CCCCCNS(=O)(=O)c1ccc2c(c1)OCCO2)c1ccccc1. The van der Waals surface area contributed by atoms with Crippen LogP contribution < -0.4 is 19.5 Å². The Morgan fingerprint density at radius 1 is 0.970 bits per heavy atom. The fourth-order valence-electron chi connectivity index (χ4n) is 3.77. The summed E-state index contributed by atoms with van der Waals surface area (Å²) in [6.07, 6.45) is 3.44. The normalized spacial score (nSPS) is 14.2. The fourth-order valence-corrected chi connectivity index (χ4v) is 4.86. The first-order chi connectivity index (χ1) is 15.8. The molecule has 1 atom stereocenters. The summed E-state index contributed by atoms with van der Waals surface area (Å²) in [5.41, 5.74) is 1.12. The number of ether oxygens (including phenoxy) is 2. The Kier molecular flexibility index (Phi) is 9.14. The van der Waals surface area contributed by atoms with E-state index in [1.54, 1.807) is 6.07 Å². The molecule has 1 unspecified atom stereocenters. The minimum atomic E-state index is -3.62. The number of fused-ring (bicyclic) bond motifs is 1. The van der Waals surface area contributed by atoms with Crippen molar-refractivity contribution in [1.82, 2.24) is 10.0 Å². The number of hydrogen-bond acceptors (Lipinski definition) is 5. The van der Waals surface area contributed by atoms with Crippen LogP contribution in [0, 0.1) is 5.92 Å². The Balaban J connectivity index is 1.38. The van der Waals surface area contributed by atoms with Crippen molar-refractivity contribution in [2.75, 3.05) is 19.8 Å². The van der Waals surface area contributed by atoms with Crippen molar-refractivity contribution in [3.8, 4) is 11.5 Å². The van der Waals surface area contributed by atoms with Crippen LogP contribution in [-0.4, -0.2) is 34.1 Å². The van der Waals surface area contributed by atoms with Gasteiger partial charge in [-0.3, -0.25) is 4.79 Å². The molecule has 33 heavy (non-hydrogen) atoms. The van der Waals surface area contributed by atoms with Crippen LogP contribution in [0.4, 0.5) is 0 Å². The number of sulfonamides is 1. The van der Waals surface area contributed by atoms with E-state index in [-0.39, 0.29) is 16.8 Å². The highest BCUT2D eigenvalue weighted by atomic mass is 32.2. The molecule has 2 aromatic rings. The quantitative estimate of drug-likeness (QED) is 0.450. The number of hydrogen-bond donors (Lipinski definition) is 2. The maximum Gasteiger partial charge on any atom is 0.240 e. The number of amides is 1. The smallest absolute Gasteiger partial charge is 0.240 e. The Bertz CT molecular complexity index is 1010. The van der Waals surface area contributed by atoms with Gasteiger partial charge in [0.2, 0.25) is 15.9 Å². The number of carbonyl (C=O) groups excluding carboxylic acids is 1. The van der Waals surface area contributed by atoms with Crippen molar-refractivity contribution in [3.05, 3.63) is 54.1 Å². The van der Waals surface area contributed by atoms with Gasteiger partial charge in [0.1, 0.15) is 13.2 Å². The third-order valence-electron chi connectivity index (χ3n) is 5.44. The van der Waals surface area contributed by atoms with Crippen LogP contribution in [0.25, 0.3) is 0 Å². The van der Waals surface area contributed by atoms with Gasteiger partial charge in [-0.05, 0) is 42.9 Å². The zero-order valence-electron chi connectivity index (χ0n) is 19.4. The first-order valence-electron chi connectivity index (χ1n) is 11.6. The molecular formula is C25H34N2O5S. The minimum Gasteiger partial charge on any atom is -0.486 e. The number of carbonyl (C=O) groups is 1. The van der Waals surface area contributed by atoms with Gasteiger partial charge >= 0.3 is 0 Å². The maximum absolute atomic E-state index is 12.5. The van der Waals surface area contributed by atoms with Gasteiger partial charge in [-0.2, -0.15) is 0 Å². The predicted octanol–water partition coefficient (Wildman–Crippen LogP) is 4.20. The molecule has 1 heterocycles. The summed E-state index contributed by atoms with van der Waals surface area (Å²) in [5, 5.41) is 3.15. The second kappa shape index (κ2) is 12.0. The molecule has 2 aromatic carbocycles. The average Bonchev–Trinajstić information content (AvgIpc) is 2.81. The third-order valence-corrected chi connectivity index (χ3v) is 6.90. The lowest BCUT2D eigenvalue weighted by Gasteiger charge is -2.21. The lowest BCUT2D eigenvalue weighted by atomic mass is 9.97. The molecule has 2 N–H and O–H groups in total. The van der Waals surface area contributed by atoms with Gasteiger partial charge in [0, 0.05) is 19.0 Å². The molecule has 0 fully saturated rings.